The highest BCUT2D eigenvalue weighted by molar-refractivity contribution is 4.85. The van der Waals surface area contributed by atoms with Gasteiger partial charge in [0.05, 0.1) is 0 Å². The number of halogens is 1. The highest BCUT2D eigenvalue weighted by atomic mass is 19.1. The number of hydrogen-bond acceptors (Lipinski definition) is 2. The highest BCUT2D eigenvalue weighted by Gasteiger charge is 2.30. The van der Waals surface area contributed by atoms with Crippen LogP contribution in [0.3, 0.4) is 0 Å². The van der Waals surface area contributed by atoms with Gasteiger partial charge in [0, 0.05) is 12.6 Å². The molecule has 0 aromatic rings. The topological polar surface area (TPSA) is 46.2 Å². The van der Waals surface area contributed by atoms with Gasteiger partial charge in [-0.25, -0.2) is 4.39 Å². The fourth-order valence-electron chi connectivity index (χ4n) is 1.27. The fourth-order valence-corrected chi connectivity index (χ4v) is 1.27. The summed E-state index contributed by atoms with van der Waals surface area (Å²) >= 11 is 0. The van der Waals surface area contributed by atoms with Crippen molar-refractivity contribution < 1.29 is 9.50 Å². The first-order valence-corrected chi connectivity index (χ1v) is 3.24. The fraction of sp³-hybridized carbons (Fsp3) is 1.00. The second kappa shape index (κ2) is 2.62. The van der Waals surface area contributed by atoms with Crippen molar-refractivity contribution in [3.8, 4) is 0 Å². The molecule has 1 aliphatic carbocycles. The molecule has 0 bridgehead atoms. The van der Waals surface area contributed by atoms with E-state index in [0.717, 1.165) is 0 Å². The quantitative estimate of drug-likeness (QED) is 0.531. The number of aliphatic hydroxyl groups excluding tert-OH is 1. The molecule has 0 saturated heterocycles. The van der Waals surface area contributed by atoms with Crippen molar-refractivity contribution in [1.82, 2.24) is 0 Å². The van der Waals surface area contributed by atoms with Crippen molar-refractivity contribution in [3.63, 3.8) is 0 Å². The van der Waals surface area contributed by atoms with E-state index in [0.29, 0.717) is 12.8 Å². The van der Waals surface area contributed by atoms with E-state index < -0.39 is 6.17 Å². The first kappa shape index (κ1) is 6.96. The average molecular weight is 133 g/mol. The summed E-state index contributed by atoms with van der Waals surface area (Å²) in [5.74, 6) is 0.106. The minimum Gasteiger partial charge on any atom is -0.396 e. The third kappa shape index (κ3) is 1.40. The van der Waals surface area contributed by atoms with Gasteiger partial charge in [-0.15, -0.1) is 0 Å². The summed E-state index contributed by atoms with van der Waals surface area (Å²) in [6.07, 6.45) is 0.192. The standard InChI is InChI=1S/C6H12FNO/c7-5-1-4(3-9)2-6(5)8/h4-6,9H,1-3,8H2. The van der Waals surface area contributed by atoms with Crippen LogP contribution in [0, 0.1) is 5.92 Å². The van der Waals surface area contributed by atoms with Crippen molar-refractivity contribution in [2.75, 3.05) is 6.61 Å². The van der Waals surface area contributed by atoms with Gasteiger partial charge in [0.2, 0.25) is 0 Å². The molecule has 0 radical (unpaired) electrons. The summed E-state index contributed by atoms with van der Waals surface area (Å²) in [7, 11) is 0. The first-order valence-electron chi connectivity index (χ1n) is 3.24. The van der Waals surface area contributed by atoms with E-state index in [1.54, 1.807) is 0 Å². The molecular formula is C6H12FNO. The summed E-state index contributed by atoms with van der Waals surface area (Å²) in [5.41, 5.74) is 5.36. The zero-order valence-electron chi connectivity index (χ0n) is 5.26. The van der Waals surface area contributed by atoms with Crippen LogP contribution >= 0.6 is 0 Å². The maximum Gasteiger partial charge on any atom is 0.115 e. The summed E-state index contributed by atoms with van der Waals surface area (Å²) in [4.78, 5) is 0. The molecule has 1 saturated carbocycles. The number of rotatable bonds is 1. The summed E-state index contributed by atoms with van der Waals surface area (Å²) in [5, 5.41) is 8.58. The van der Waals surface area contributed by atoms with E-state index in [1.165, 1.54) is 0 Å². The Bertz CT molecular complexity index is 89.1. The van der Waals surface area contributed by atoms with E-state index in [4.69, 9.17) is 10.8 Å². The molecule has 0 aromatic carbocycles. The Morgan fingerprint density at radius 2 is 2.22 bits per heavy atom. The Balaban J connectivity index is 2.35. The monoisotopic (exact) mass is 133 g/mol. The van der Waals surface area contributed by atoms with Gasteiger partial charge >= 0.3 is 0 Å². The lowest BCUT2D eigenvalue weighted by molar-refractivity contribution is 0.219. The van der Waals surface area contributed by atoms with E-state index in [9.17, 15) is 4.39 Å². The van der Waals surface area contributed by atoms with Crippen molar-refractivity contribution >= 4 is 0 Å². The van der Waals surface area contributed by atoms with Gasteiger partial charge in [-0.05, 0) is 18.8 Å². The molecule has 1 rings (SSSR count). The zero-order chi connectivity index (χ0) is 6.85. The predicted molar refractivity (Wildman–Crippen MR) is 32.7 cm³/mol. The van der Waals surface area contributed by atoms with Crippen molar-refractivity contribution in [1.29, 1.82) is 0 Å². The van der Waals surface area contributed by atoms with Gasteiger partial charge in [0.1, 0.15) is 6.17 Å². The van der Waals surface area contributed by atoms with E-state index in [2.05, 4.69) is 0 Å². The van der Waals surface area contributed by atoms with Gasteiger partial charge in [0.15, 0.2) is 0 Å². The van der Waals surface area contributed by atoms with Crippen LogP contribution in [0.25, 0.3) is 0 Å². The number of aliphatic hydroxyl groups is 1. The maximum atomic E-state index is 12.5. The molecule has 0 aromatic heterocycles. The van der Waals surface area contributed by atoms with Crippen LogP contribution in [-0.4, -0.2) is 23.9 Å². The Hall–Kier alpha value is -0.150. The van der Waals surface area contributed by atoms with Gasteiger partial charge < -0.3 is 10.8 Å². The molecule has 0 spiro atoms. The minimum absolute atomic E-state index is 0.0775. The molecule has 0 heterocycles. The molecule has 1 fully saturated rings. The van der Waals surface area contributed by atoms with Gasteiger partial charge in [-0.3, -0.25) is 0 Å². The SMILES string of the molecule is NC1CC(CO)CC1F. The number of nitrogens with two attached hydrogens (primary N) is 1. The Morgan fingerprint density at radius 3 is 2.44 bits per heavy atom. The van der Waals surface area contributed by atoms with Crippen molar-refractivity contribution in [2.24, 2.45) is 11.7 Å². The molecule has 3 heteroatoms. The molecule has 3 N–H and O–H groups in total. The zero-order valence-corrected chi connectivity index (χ0v) is 5.26. The van der Waals surface area contributed by atoms with Crippen LogP contribution in [0.5, 0.6) is 0 Å². The molecule has 54 valence electrons. The molecule has 3 atom stereocenters. The normalized spacial score (nSPS) is 43.7. The maximum absolute atomic E-state index is 12.5. The highest BCUT2D eigenvalue weighted by Crippen LogP contribution is 2.26. The molecule has 0 aliphatic heterocycles. The Kier molecular flexibility index (Phi) is 2.03. The smallest absolute Gasteiger partial charge is 0.115 e. The third-order valence-electron chi connectivity index (χ3n) is 1.89. The minimum atomic E-state index is -0.887. The predicted octanol–water partition coefficient (Wildman–Crippen LogP) is 0.0541. The molecule has 9 heavy (non-hydrogen) atoms. The van der Waals surface area contributed by atoms with Gasteiger partial charge in [0.25, 0.3) is 0 Å². The lowest BCUT2D eigenvalue weighted by Crippen LogP contribution is -2.25. The Morgan fingerprint density at radius 1 is 1.56 bits per heavy atom. The van der Waals surface area contributed by atoms with Crippen LogP contribution in [0.15, 0.2) is 0 Å². The summed E-state index contributed by atoms with van der Waals surface area (Å²) in [6, 6.07) is -0.331. The van der Waals surface area contributed by atoms with E-state index in [1.807, 2.05) is 0 Å². The Labute approximate surface area is 53.9 Å². The second-order valence-electron chi connectivity index (χ2n) is 2.70. The van der Waals surface area contributed by atoms with Crippen LogP contribution in [0.1, 0.15) is 12.8 Å². The van der Waals surface area contributed by atoms with E-state index in [-0.39, 0.29) is 18.6 Å². The van der Waals surface area contributed by atoms with Crippen LogP contribution in [0.4, 0.5) is 4.39 Å². The summed E-state index contributed by atoms with van der Waals surface area (Å²) in [6.45, 7) is 0.0775. The lowest BCUT2D eigenvalue weighted by atomic mass is 10.1. The van der Waals surface area contributed by atoms with Gasteiger partial charge in [-0.1, -0.05) is 0 Å². The van der Waals surface area contributed by atoms with E-state index >= 15 is 0 Å². The molecular weight excluding hydrogens is 121 g/mol. The molecule has 3 unspecified atom stereocenters. The first-order chi connectivity index (χ1) is 4.24. The van der Waals surface area contributed by atoms with Crippen LogP contribution in [-0.2, 0) is 0 Å². The third-order valence-corrected chi connectivity index (χ3v) is 1.89. The lowest BCUT2D eigenvalue weighted by Gasteiger charge is -2.01. The average Bonchev–Trinajstić information content (AvgIpc) is 2.13. The second-order valence-corrected chi connectivity index (χ2v) is 2.70. The summed E-state index contributed by atoms with van der Waals surface area (Å²) < 4.78 is 12.5. The van der Waals surface area contributed by atoms with Crippen molar-refractivity contribution in [2.45, 2.75) is 25.1 Å². The number of hydrogen-bond donors (Lipinski definition) is 2. The van der Waals surface area contributed by atoms with Gasteiger partial charge in [-0.2, -0.15) is 0 Å². The molecule has 2 nitrogen and oxygen atoms in total. The van der Waals surface area contributed by atoms with Crippen LogP contribution < -0.4 is 5.73 Å². The largest absolute Gasteiger partial charge is 0.396 e. The molecule has 1 aliphatic rings. The van der Waals surface area contributed by atoms with Crippen LogP contribution in [0.2, 0.25) is 0 Å². The van der Waals surface area contributed by atoms with Crippen molar-refractivity contribution in [3.05, 3.63) is 0 Å². The molecule has 0 amide bonds. The number of alkyl halides is 1.